The molecule has 0 aliphatic rings. The fourth-order valence-corrected chi connectivity index (χ4v) is 4.00. The third-order valence-electron chi connectivity index (χ3n) is 4.75. The van der Waals surface area contributed by atoms with Crippen LogP contribution in [-0.4, -0.2) is 31.4 Å². The summed E-state index contributed by atoms with van der Waals surface area (Å²) in [6.45, 7) is 2.04. The molecule has 0 unspecified atom stereocenters. The van der Waals surface area contributed by atoms with Gasteiger partial charge in [0.2, 0.25) is 5.91 Å². The average molecular weight is 441 g/mol. The van der Waals surface area contributed by atoms with Crippen molar-refractivity contribution in [2.24, 2.45) is 0 Å². The molecule has 4 aromatic rings. The number of carbonyl (C=O) groups is 1. The zero-order chi connectivity index (χ0) is 22.3. The Morgan fingerprint density at radius 2 is 1.81 bits per heavy atom. The number of amides is 1. The van der Waals surface area contributed by atoms with Crippen LogP contribution >= 0.6 is 11.8 Å². The Labute approximate surface area is 190 Å². The van der Waals surface area contributed by atoms with Crippen molar-refractivity contribution < 1.29 is 4.79 Å². The number of thioether (sulfide) groups is 1. The number of aromatic nitrogens is 4. The van der Waals surface area contributed by atoms with Gasteiger partial charge in [0.05, 0.1) is 11.3 Å². The molecule has 0 spiro atoms. The maximum absolute atomic E-state index is 12.4. The molecule has 8 heteroatoms. The van der Waals surface area contributed by atoms with Gasteiger partial charge in [-0.1, -0.05) is 41.6 Å². The van der Waals surface area contributed by atoms with Gasteiger partial charge in [0.1, 0.15) is 6.07 Å². The maximum Gasteiger partial charge on any atom is 0.225 e. The van der Waals surface area contributed by atoms with E-state index in [0.717, 1.165) is 16.8 Å². The molecular formula is C24H20N6OS. The number of hydrogen-bond acceptors (Lipinski definition) is 6. The smallest absolute Gasteiger partial charge is 0.225 e. The number of nitriles is 1. The summed E-state index contributed by atoms with van der Waals surface area (Å²) in [5, 5.41) is 21.5. The van der Waals surface area contributed by atoms with E-state index in [0.29, 0.717) is 28.0 Å². The highest BCUT2D eigenvalue weighted by atomic mass is 32.2. The molecule has 7 nitrogen and oxygen atoms in total. The van der Waals surface area contributed by atoms with Crippen LogP contribution < -0.4 is 5.32 Å². The number of nitrogens with one attached hydrogen (secondary N) is 1. The van der Waals surface area contributed by atoms with Crippen LogP contribution in [0, 0.1) is 18.3 Å². The normalized spacial score (nSPS) is 10.5. The molecule has 0 aliphatic carbocycles. The van der Waals surface area contributed by atoms with Gasteiger partial charge in [-0.3, -0.25) is 14.3 Å². The molecule has 0 saturated carbocycles. The average Bonchev–Trinajstić information content (AvgIpc) is 3.24. The van der Waals surface area contributed by atoms with E-state index >= 15 is 0 Å². The Bertz CT molecular complexity index is 1260. The van der Waals surface area contributed by atoms with Crippen LogP contribution in [0.3, 0.4) is 0 Å². The number of carbonyl (C=O) groups excluding carboxylic acids is 1. The van der Waals surface area contributed by atoms with Gasteiger partial charge >= 0.3 is 0 Å². The summed E-state index contributed by atoms with van der Waals surface area (Å²) in [4.78, 5) is 16.5. The number of aryl methyl sites for hydroxylation is 1. The summed E-state index contributed by atoms with van der Waals surface area (Å²) in [6, 6.07) is 21.0. The first kappa shape index (κ1) is 21.3. The van der Waals surface area contributed by atoms with Crippen LogP contribution in [0.2, 0.25) is 0 Å². The van der Waals surface area contributed by atoms with E-state index in [1.54, 1.807) is 36.7 Å². The van der Waals surface area contributed by atoms with Crippen molar-refractivity contribution >= 4 is 23.4 Å². The molecule has 2 aromatic heterocycles. The van der Waals surface area contributed by atoms with Gasteiger partial charge in [0.15, 0.2) is 11.0 Å². The van der Waals surface area contributed by atoms with E-state index in [-0.39, 0.29) is 12.3 Å². The van der Waals surface area contributed by atoms with E-state index in [1.807, 2.05) is 47.9 Å². The second kappa shape index (κ2) is 9.90. The highest BCUT2D eigenvalue weighted by Gasteiger charge is 2.17. The second-order valence-corrected chi connectivity index (χ2v) is 8.08. The minimum Gasteiger partial charge on any atom is -0.325 e. The lowest BCUT2D eigenvalue weighted by Crippen LogP contribution is -2.13. The van der Waals surface area contributed by atoms with Crippen molar-refractivity contribution in [1.29, 1.82) is 5.26 Å². The summed E-state index contributed by atoms with van der Waals surface area (Å²) >= 11 is 1.46. The molecule has 0 saturated heterocycles. The lowest BCUT2D eigenvalue weighted by molar-refractivity contribution is -0.115. The number of benzene rings is 2. The summed E-state index contributed by atoms with van der Waals surface area (Å²) in [7, 11) is 0. The van der Waals surface area contributed by atoms with Crippen LogP contribution in [0.15, 0.2) is 78.2 Å². The Morgan fingerprint density at radius 3 is 2.56 bits per heavy atom. The lowest BCUT2D eigenvalue weighted by atomic mass is 10.2. The molecule has 0 radical (unpaired) electrons. The van der Waals surface area contributed by atoms with Gasteiger partial charge in [0, 0.05) is 35.8 Å². The minimum absolute atomic E-state index is 0.157. The summed E-state index contributed by atoms with van der Waals surface area (Å²) in [5.74, 6) is 1.07. The quantitative estimate of drug-likeness (QED) is 0.421. The van der Waals surface area contributed by atoms with Crippen LogP contribution in [0.4, 0.5) is 5.69 Å². The van der Waals surface area contributed by atoms with E-state index < -0.39 is 0 Å². The zero-order valence-electron chi connectivity index (χ0n) is 17.4. The summed E-state index contributed by atoms with van der Waals surface area (Å²) < 4.78 is 1.99. The molecule has 0 atom stereocenters. The van der Waals surface area contributed by atoms with Gasteiger partial charge in [0.25, 0.3) is 0 Å². The lowest BCUT2D eigenvalue weighted by Gasteiger charge is -2.11. The Hall–Kier alpha value is -3.96. The molecule has 2 heterocycles. The number of para-hydroxylation sites is 1. The fourth-order valence-electron chi connectivity index (χ4n) is 3.12. The van der Waals surface area contributed by atoms with Gasteiger partial charge in [-0.15, -0.1) is 10.2 Å². The molecular weight excluding hydrogens is 420 g/mol. The van der Waals surface area contributed by atoms with E-state index in [4.69, 9.17) is 0 Å². The number of nitrogens with zero attached hydrogens (tertiary/aromatic N) is 5. The standard InChI is InChI=1S/C24H20N6OS/c1-17-6-8-20(9-7-17)30-23(18-10-13-26-14-11-18)28-29-24(30)32-15-12-22(31)27-21-5-3-2-4-19(21)16-25/h2-11,13-14H,12,15H2,1H3,(H,27,31). The van der Waals surface area contributed by atoms with E-state index in [1.165, 1.54) is 11.8 Å². The largest absolute Gasteiger partial charge is 0.325 e. The molecule has 158 valence electrons. The van der Waals surface area contributed by atoms with Crippen molar-refractivity contribution in [3.8, 4) is 23.1 Å². The molecule has 2 aromatic carbocycles. The predicted octanol–water partition coefficient (Wildman–Crippen LogP) is 4.63. The Morgan fingerprint density at radius 1 is 1.06 bits per heavy atom. The van der Waals surface area contributed by atoms with Crippen LogP contribution in [0.5, 0.6) is 0 Å². The maximum atomic E-state index is 12.4. The highest BCUT2D eigenvalue weighted by Crippen LogP contribution is 2.28. The molecule has 0 fully saturated rings. The van der Waals surface area contributed by atoms with Crippen molar-refractivity contribution in [3.05, 3.63) is 84.2 Å². The third kappa shape index (κ3) is 4.85. The zero-order valence-corrected chi connectivity index (χ0v) is 18.2. The molecule has 32 heavy (non-hydrogen) atoms. The summed E-state index contributed by atoms with van der Waals surface area (Å²) in [6.07, 6.45) is 3.72. The fraction of sp³-hybridized carbons (Fsp3) is 0.125. The van der Waals surface area contributed by atoms with Crippen LogP contribution in [-0.2, 0) is 4.79 Å². The molecule has 0 bridgehead atoms. The number of hydrogen-bond donors (Lipinski definition) is 1. The number of anilines is 1. The van der Waals surface area contributed by atoms with E-state index in [9.17, 15) is 10.1 Å². The first-order chi connectivity index (χ1) is 15.7. The summed E-state index contributed by atoms with van der Waals surface area (Å²) in [5.41, 5.74) is 3.98. The molecule has 1 amide bonds. The van der Waals surface area contributed by atoms with Crippen LogP contribution in [0.25, 0.3) is 17.1 Å². The monoisotopic (exact) mass is 440 g/mol. The van der Waals surface area contributed by atoms with Gasteiger partial charge in [-0.2, -0.15) is 5.26 Å². The first-order valence-electron chi connectivity index (χ1n) is 10.0. The van der Waals surface area contributed by atoms with Crippen molar-refractivity contribution in [3.63, 3.8) is 0 Å². The number of rotatable bonds is 7. The van der Waals surface area contributed by atoms with Crippen molar-refractivity contribution in [1.82, 2.24) is 19.7 Å². The minimum atomic E-state index is -0.157. The second-order valence-electron chi connectivity index (χ2n) is 7.02. The Balaban J connectivity index is 1.51. The van der Waals surface area contributed by atoms with Gasteiger partial charge in [-0.05, 0) is 43.3 Å². The molecule has 1 N–H and O–H groups in total. The highest BCUT2D eigenvalue weighted by molar-refractivity contribution is 7.99. The van der Waals surface area contributed by atoms with Crippen molar-refractivity contribution in [2.75, 3.05) is 11.1 Å². The first-order valence-corrected chi connectivity index (χ1v) is 11.0. The van der Waals surface area contributed by atoms with Crippen LogP contribution in [0.1, 0.15) is 17.5 Å². The van der Waals surface area contributed by atoms with E-state index in [2.05, 4.69) is 26.6 Å². The topological polar surface area (TPSA) is 96.5 Å². The van der Waals surface area contributed by atoms with Gasteiger partial charge in [-0.25, -0.2) is 0 Å². The molecule has 4 rings (SSSR count). The number of pyridine rings is 1. The predicted molar refractivity (Wildman–Crippen MR) is 124 cm³/mol. The third-order valence-corrected chi connectivity index (χ3v) is 5.68. The van der Waals surface area contributed by atoms with Crippen molar-refractivity contribution in [2.45, 2.75) is 18.5 Å². The molecule has 0 aliphatic heterocycles. The van der Waals surface area contributed by atoms with Gasteiger partial charge < -0.3 is 5.32 Å². The Kier molecular flexibility index (Phi) is 6.58. The SMILES string of the molecule is Cc1ccc(-n2c(SCCC(=O)Nc3ccccc3C#N)nnc2-c2ccncc2)cc1.